The fraction of sp³-hybridized carbons (Fsp3) is 0.133. The summed E-state index contributed by atoms with van der Waals surface area (Å²) in [5, 5.41) is 0. The summed E-state index contributed by atoms with van der Waals surface area (Å²) in [6.45, 7) is 2.12. The predicted molar refractivity (Wildman–Crippen MR) is 143 cm³/mol. The molecule has 1 aliphatic carbocycles. The molecule has 0 radical (unpaired) electrons. The third-order valence-corrected chi connectivity index (χ3v) is 6.21. The smallest absolute Gasteiger partial charge is 0.0536 e. The summed E-state index contributed by atoms with van der Waals surface area (Å²) in [5.41, 5.74) is 9.92. The molecule has 3 nitrogen and oxygen atoms in total. The summed E-state index contributed by atoms with van der Waals surface area (Å²) in [6, 6.07) is 34.8. The van der Waals surface area contributed by atoms with E-state index in [0.717, 1.165) is 18.5 Å². The minimum Gasteiger partial charge on any atom is -0.345 e. The molecule has 0 saturated heterocycles. The van der Waals surface area contributed by atoms with Crippen molar-refractivity contribution in [3.8, 4) is 0 Å². The van der Waals surface area contributed by atoms with Gasteiger partial charge in [0.15, 0.2) is 0 Å². The summed E-state index contributed by atoms with van der Waals surface area (Å²) >= 11 is 0. The lowest BCUT2D eigenvalue weighted by atomic mass is 9.95. The Balaban J connectivity index is 0.00000259. The first-order valence-corrected chi connectivity index (χ1v) is 11.2. The first-order chi connectivity index (χ1) is 15.7. The number of allylic oxidation sites excluding steroid dienone is 1. The molecule has 4 aromatic rings. The molecule has 0 aromatic heterocycles. The third-order valence-electron chi connectivity index (χ3n) is 6.21. The van der Waals surface area contributed by atoms with E-state index in [1.54, 1.807) is 0 Å². The van der Waals surface area contributed by atoms with Crippen molar-refractivity contribution in [2.75, 3.05) is 16.8 Å². The number of hydrogen-bond donors (Lipinski definition) is 1. The highest BCUT2D eigenvalue weighted by Gasteiger charge is 2.18. The Hall–Kier alpha value is -3.82. The molecule has 0 fully saturated rings. The Labute approximate surface area is 197 Å². The average molecular weight is 434 g/mol. The number of fused-ring (bicyclic) bond motifs is 1. The Morgan fingerprint density at radius 1 is 0.636 bits per heavy atom. The van der Waals surface area contributed by atoms with E-state index in [1.807, 2.05) is 0 Å². The summed E-state index contributed by atoms with van der Waals surface area (Å²) in [4.78, 5) is 4.59. The van der Waals surface area contributed by atoms with Gasteiger partial charge in [0, 0.05) is 35.4 Å². The van der Waals surface area contributed by atoms with Crippen molar-refractivity contribution < 1.29 is 0 Å². The van der Waals surface area contributed by atoms with Gasteiger partial charge in [-0.1, -0.05) is 60.2 Å². The molecule has 0 atom stereocenters. The van der Waals surface area contributed by atoms with Gasteiger partial charge in [-0.2, -0.15) is 0 Å². The van der Waals surface area contributed by atoms with Gasteiger partial charge in [-0.15, -0.1) is 0 Å². The van der Waals surface area contributed by atoms with Crippen molar-refractivity contribution in [3.05, 3.63) is 120 Å². The van der Waals surface area contributed by atoms with Crippen LogP contribution in [0.5, 0.6) is 0 Å². The Kier molecular flexibility index (Phi) is 6.62. The van der Waals surface area contributed by atoms with Gasteiger partial charge >= 0.3 is 0 Å². The standard InChI is InChI=1S/C30H28N2.H3N/c1-23-15-17-25(18-16-23)31(2)26-19-21-28(22-20-26)32(27-11-4-3-5-12-27)30-14-8-10-24-9-6-7-13-29(24)30;/h3-5,7-8,10-22H,6,9H2,1-2H3;1H3. The van der Waals surface area contributed by atoms with Gasteiger partial charge in [0.1, 0.15) is 0 Å². The molecule has 3 N–H and O–H groups in total. The number of para-hydroxylation sites is 1. The average Bonchev–Trinajstić information content (AvgIpc) is 2.85. The molecule has 0 saturated carbocycles. The minimum absolute atomic E-state index is 0. The van der Waals surface area contributed by atoms with Crippen LogP contribution in [0.2, 0.25) is 0 Å². The summed E-state index contributed by atoms with van der Waals surface area (Å²) in [5.74, 6) is 0. The fourth-order valence-electron chi connectivity index (χ4n) is 4.39. The molecule has 33 heavy (non-hydrogen) atoms. The fourth-order valence-corrected chi connectivity index (χ4v) is 4.39. The van der Waals surface area contributed by atoms with E-state index in [1.165, 1.54) is 39.4 Å². The van der Waals surface area contributed by atoms with E-state index in [4.69, 9.17) is 0 Å². The molecule has 3 heteroatoms. The second-order valence-electron chi connectivity index (χ2n) is 8.37. The second-order valence-corrected chi connectivity index (χ2v) is 8.37. The number of rotatable bonds is 5. The molecule has 5 rings (SSSR count). The van der Waals surface area contributed by atoms with Crippen LogP contribution in [0.1, 0.15) is 23.1 Å². The van der Waals surface area contributed by atoms with Crippen LogP contribution < -0.4 is 16.0 Å². The Morgan fingerprint density at radius 2 is 1.24 bits per heavy atom. The maximum Gasteiger partial charge on any atom is 0.0536 e. The molecule has 0 aliphatic heterocycles. The Morgan fingerprint density at radius 3 is 1.94 bits per heavy atom. The van der Waals surface area contributed by atoms with Crippen LogP contribution in [0.4, 0.5) is 28.4 Å². The molecule has 0 unspecified atom stereocenters. The predicted octanol–water partition coefficient (Wildman–Crippen LogP) is 8.35. The summed E-state index contributed by atoms with van der Waals surface area (Å²) in [7, 11) is 2.12. The third kappa shape index (κ3) is 4.55. The quantitative estimate of drug-likeness (QED) is 0.344. The number of anilines is 5. The Bertz CT molecular complexity index is 1230. The number of nitrogens with zero attached hydrogens (tertiary/aromatic N) is 2. The lowest BCUT2D eigenvalue weighted by molar-refractivity contribution is 0.984. The monoisotopic (exact) mass is 433 g/mol. The summed E-state index contributed by atoms with van der Waals surface area (Å²) in [6.07, 6.45) is 6.78. The number of aryl methyl sites for hydroxylation is 2. The molecule has 166 valence electrons. The lowest BCUT2D eigenvalue weighted by Gasteiger charge is -2.29. The van der Waals surface area contributed by atoms with Crippen molar-refractivity contribution in [2.45, 2.75) is 19.8 Å². The highest BCUT2D eigenvalue weighted by atomic mass is 15.1. The molecule has 0 spiro atoms. The highest BCUT2D eigenvalue weighted by Crippen LogP contribution is 2.40. The van der Waals surface area contributed by atoms with Gasteiger partial charge < -0.3 is 16.0 Å². The van der Waals surface area contributed by atoms with Crippen molar-refractivity contribution >= 4 is 34.5 Å². The zero-order valence-corrected chi connectivity index (χ0v) is 19.4. The molecular formula is C30H31N3. The highest BCUT2D eigenvalue weighted by molar-refractivity contribution is 5.84. The van der Waals surface area contributed by atoms with Crippen LogP contribution in [-0.2, 0) is 6.42 Å². The number of hydrogen-bond acceptors (Lipinski definition) is 3. The first kappa shape index (κ1) is 22.4. The van der Waals surface area contributed by atoms with E-state index in [9.17, 15) is 0 Å². The van der Waals surface area contributed by atoms with Crippen LogP contribution >= 0.6 is 0 Å². The van der Waals surface area contributed by atoms with E-state index in [0.29, 0.717) is 0 Å². The second kappa shape index (κ2) is 9.76. The van der Waals surface area contributed by atoms with E-state index < -0.39 is 0 Å². The van der Waals surface area contributed by atoms with Crippen molar-refractivity contribution in [3.63, 3.8) is 0 Å². The van der Waals surface area contributed by atoms with Crippen molar-refractivity contribution in [1.29, 1.82) is 0 Å². The molecular weight excluding hydrogens is 402 g/mol. The minimum atomic E-state index is 0. The first-order valence-electron chi connectivity index (χ1n) is 11.2. The maximum atomic E-state index is 2.37. The van der Waals surface area contributed by atoms with Crippen LogP contribution in [0.25, 0.3) is 6.08 Å². The lowest BCUT2D eigenvalue weighted by Crippen LogP contribution is -2.13. The number of benzene rings is 4. The molecule has 0 amide bonds. The van der Waals surface area contributed by atoms with Gasteiger partial charge in [0.05, 0.1) is 5.69 Å². The molecule has 1 aliphatic rings. The van der Waals surface area contributed by atoms with Crippen LogP contribution in [-0.4, -0.2) is 7.05 Å². The SMILES string of the molecule is Cc1ccc(N(C)c2ccc(N(c3ccccc3)c3cccc4c3C=CCC4)cc2)cc1.N. The maximum absolute atomic E-state index is 2.37. The van der Waals surface area contributed by atoms with Gasteiger partial charge in [-0.05, 0) is 79.9 Å². The van der Waals surface area contributed by atoms with Crippen LogP contribution in [0, 0.1) is 6.92 Å². The van der Waals surface area contributed by atoms with Gasteiger partial charge in [0.2, 0.25) is 0 Å². The van der Waals surface area contributed by atoms with Gasteiger partial charge in [-0.3, -0.25) is 0 Å². The van der Waals surface area contributed by atoms with Gasteiger partial charge in [-0.25, -0.2) is 0 Å². The van der Waals surface area contributed by atoms with Crippen molar-refractivity contribution in [2.24, 2.45) is 0 Å². The molecule has 0 heterocycles. The van der Waals surface area contributed by atoms with E-state index in [2.05, 4.69) is 133 Å². The summed E-state index contributed by atoms with van der Waals surface area (Å²) < 4.78 is 0. The van der Waals surface area contributed by atoms with Crippen LogP contribution in [0.3, 0.4) is 0 Å². The van der Waals surface area contributed by atoms with E-state index >= 15 is 0 Å². The zero-order chi connectivity index (χ0) is 21.9. The topological polar surface area (TPSA) is 41.5 Å². The molecule has 4 aromatic carbocycles. The largest absolute Gasteiger partial charge is 0.345 e. The normalized spacial score (nSPS) is 11.9. The van der Waals surface area contributed by atoms with Crippen molar-refractivity contribution in [1.82, 2.24) is 6.15 Å². The van der Waals surface area contributed by atoms with E-state index in [-0.39, 0.29) is 6.15 Å². The zero-order valence-electron chi connectivity index (χ0n) is 19.4. The van der Waals surface area contributed by atoms with Gasteiger partial charge in [0.25, 0.3) is 0 Å². The molecule has 0 bridgehead atoms. The van der Waals surface area contributed by atoms with Crippen LogP contribution in [0.15, 0.2) is 103 Å².